The monoisotopic (exact) mass is 477 g/mol. The van der Waals surface area contributed by atoms with E-state index in [0.717, 1.165) is 38.0 Å². The van der Waals surface area contributed by atoms with Crippen molar-refractivity contribution >= 4 is 5.91 Å². The first-order chi connectivity index (χ1) is 16.7. The van der Waals surface area contributed by atoms with Crippen LogP contribution in [0, 0.1) is 5.41 Å². The summed E-state index contributed by atoms with van der Waals surface area (Å²) in [5.41, 5.74) is 8.01. The first-order valence-electron chi connectivity index (χ1n) is 12.8. The molecule has 1 aromatic carbocycles. The van der Waals surface area contributed by atoms with Crippen molar-refractivity contribution in [1.29, 1.82) is 0 Å². The van der Waals surface area contributed by atoms with Crippen molar-refractivity contribution in [1.82, 2.24) is 10.0 Å². The maximum atomic E-state index is 11.9. The van der Waals surface area contributed by atoms with E-state index in [4.69, 9.17) is 15.2 Å². The van der Waals surface area contributed by atoms with Gasteiger partial charge in [0.05, 0.1) is 29.2 Å². The van der Waals surface area contributed by atoms with Crippen LogP contribution in [0.4, 0.5) is 0 Å². The van der Waals surface area contributed by atoms with Gasteiger partial charge >= 0.3 is 0 Å². The zero-order valence-electron chi connectivity index (χ0n) is 20.6. The van der Waals surface area contributed by atoms with Gasteiger partial charge in [0, 0.05) is 12.6 Å². The predicted octanol–water partition coefficient (Wildman–Crippen LogP) is 3.97. The second-order valence-electron chi connectivity index (χ2n) is 11.7. The van der Waals surface area contributed by atoms with Crippen molar-refractivity contribution in [3.8, 4) is 5.75 Å². The van der Waals surface area contributed by atoms with Gasteiger partial charge in [0.2, 0.25) is 0 Å². The number of hydrogen-bond donors (Lipinski definition) is 2. The van der Waals surface area contributed by atoms with Crippen LogP contribution in [0.5, 0.6) is 5.75 Å². The molecule has 186 valence electrons. The molecule has 1 spiro atoms. The Labute approximate surface area is 206 Å². The smallest absolute Gasteiger partial charge is 0.252 e. The van der Waals surface area contributed by atoms with Gasteiger partial charge in [-0.1, -0.05) is 6.07 Å². The number of amides is 1. The lowest BCUT2D eigenvalue weighted by Crippen LogP contribution is -2.60. The molecule has 1 amide bonds. The van der Waals surface area contributed by atoms with Gasteiger partial charge < -0.3 is 20.3 Å². The zero-order valence-corrected chi connectivity index (χ0v) is 20.6. The van der Waals surface area contributed by atoms with E-state index in [1.165, 1.54) is 24.1 Å². The van der Waals surface area contributed by atoms with Gasteiger partial charge in [0.1, 0.15) is 18.1 Å². The molecule has 6 rings (SSSR count). The molecular weight excluding hydrogens is 442 g/mol. The summed E-state index contributed by atoms with van der Waals surface area (Å²) >= 11 is 0. The Morgan fingerprint density at radius 2 is 1.97 bits per heavy atom. The molecule has 35 heavy (non-hydrogen) atoms. The molecule has 0 aromatic heterocycles. The summed E-state index contributed by atoms with van der Waals surface area (Å²) in [5.74, 6) is 1.61. The second-order valence-corrected chi connectivity index (χ2v) is 11.7. The molecule has 0 saturated heterocycles. The van der Waals surface area contributed by atoms with Gasteiger partial charge in [-0.25, -0.2) is 5.01 Å². The number of hydrazine groups is 1. The summed E-state index contributed by atoms with van der Waals surface area (Å²) in [7, 11) is 0. The average Bonchev–Trinajstić information content (AvgIpc) is 3.52. The Bertz CT molecular complexity index is 1110. The molecule has 3 aliphatic carbocycles. The Balaban J connectivity index is 1.04. The lowest BCUT2D eigenvalue weighted by Gasteiger charge is -2.59. The van der Waals surface area contributed by atoms with Crippen LogP contribution in [0.25, 0.3) is 0 Å². The van der Waals surface area contributed by atoms with E-state index < -0.39 is 11.5 Å². The van der Waals surface area contributed by atoms with Crippen LogP contribution >= 0.6 is 0 Å². The number of hydrogen-bond acceptors (Lipinski definition) is 6. The van der Waals surface area contributed by atoms with Gasteiger partial charge in [-0.3, -0.25) is 9.80 Å². The van der Waals surface area contributed by atoms with Gasteiger partial charge in [0.25, 0.3) is 5.91 Å². The summed E-state index contributed by atoms with van der Waals surface area (Å²) < 4.78 is 12.1. The standard InChI is InChI=1S/C28H35N3O4/c1-27(2,33)17-34-22-7-6-20-9-10-30(31(20)16-22)21-12-28(13-21)14-23(15-28)35-25-11-19(18-3-4-18)5-8-24(25)26(29)32/h5-9,11,16,18,21,23,33H,3-4,10,12-15,17H2,1-2H3,(H2,29,32). The van der Waals surface area contributed by atoms with E-state index in [9.17, 15) is 9.90 Å². The summed E-state index contributed by atoms with van der Waals surface area (Å²) in [4.78, 5) is 11.9. The number of nitrogens with zero attached hydrogens (tertiary/aromatic N) is 2. The number of allylic oxidation sites excluding steroid dienone is 2. The van der Waals surface area contributed by atoms with Crippen molar-refractivity contribution in [3.63, 3.8) is 0 Å². The Hall–Kier alpha value is -2.77. The zero-order chi connectivity index (χ0) is 24.4. The fourth-order valence-electron chi connectivity index (χ4n) is 5.97. The van der Waals surface area contributed by atoms with E-state index in [2.05, 4.69) is 22.2 Å². The van der Waals surface area contributed by atoms with Gasteiger partial charge in [0.15, 0.2) is 0 Å². The molecule has 3 saturated carbocycles. The van der Waals surface area contributed by atoms with Crippen LogP contribution in [0.2, 0.25) is 0 Å². The van der Waals surface area contributed by atoms with Crippen molar-refractivity contribution in [2.75, 3.05) is 13.2 Å². The van der Waals surface area contributed by atoms with Crippen LogP contribution in [0.1, 0.15) is 74.2 Å². The number of aliphatic hydroxyl groups is 1. The van der Waals surface area contributed by atoms with Crippen LogP contribution in [-0.4, -0.2) is 51.9 Å². The molecule has 2 aliphatic heterocycles. The minimum atomic E-state index is -0.865. The minimum Gasteiger partial charge on any atom is -0.490 e. The van der Waals surface area contributed by atoms with Gasteiger partial charge in [-0.2, -0.15) is 0 Å². The summed E-state index contributed by atoms with van der Waals surface area (Å²) in [5, 5.41) is 14.6. The molecule has 0 radical (unpaired) electrons. The fraction of sp³-hybridized carbons (Fsp3) is 0.536. The first kappa shape index (κ1) is 22.7. The molecule has 0 unspecified atom stereocenters. The third kappa shape index (κ3) is 4.47. The molecule has 5 aliphatic rings. The third-order valence-corrected chi connectivity index (χ3v) is 7.98. The van der Waals surface area contributed by atoms with E-state index >= 15 is 0 Å². The number of carbonyl (C=O) groups is 1. The van der Waals surface area contributed by atoms with Crippen molar-refractivity contribution < 1.29 is 19.4 Å². The molecule has 0 atom stereocenters. The lowest BCUT2D eigenvalue weighted by atomic mass is 9.52. The van der Waals surface area contributed by atoms with Crippen molar-refractivity contribution in [2.45, 2.75) is 76.0 Å². The third-order valence-electron chi connectivity index (χ3n) is 7.98. The molecule has 3 N–H and O–H groups in total. The molecule has 1 aromatic rings. The number of ether oxygens (including phenoxy) is 2. The quantitative estimate of drug-likeness (QED) is 0.589. The van der Waals surface area contributed by atoms with Crippen LogP contribution in [0.3, 0.4) is 0 Å². The molecule has 3 fully saturated rings. The minimum absolute atomic E-state index is 0.149. The highest BCUT2D eigenvalue weighted by Gasteiger charge is 2.56. The Morgan fingerprint density at radius 1 is 1.20 bits per heavy atom. The van der Waals surface area contributed by atoms with E-state index in [1.54, 1.807) is 13.8 Å². The largest absolute Gasteiger partial charge is 0.490 e. The summed E-state index contributed by atoms with van der Waals surface area (Å²) in [6.07, 6.45) is 15.2. The Morgan fingerprint density at radius 3 is 2.66 bits per heavy atom. The topological polar surface area (TPSA) is 88.3 Å². The summed E-state index contributed by atoms with van der Waals surface area (Å²) in [6, 6.07) is 6.38. The van der Waals surface area contributed by atoms with E-state index in [0.29, 0.717) is 28.7 Å². The number of nitrogens with two attached hydrogens (primary N) is 1. The molecular formula is C28H35N3O4. The van der Waals surface area contributed by atoms with E-state index in [1.807, 2.05) is 30.5 Å². The SMILES string of the molecule is CC(C)(O)COC1=CN2C(=CCN2C2CC3(CC(Oc4cc(C5CC5)ccc4C(N)=O)C3)C2)C=C1. The van der Waals surface area contributed by atoms with Crippen molar-refractivity contribution in [3.05, 3.63) is 65.2 Å². The fourth-order valence-corrected chi connectivity index (χ4v) is 5.97. The first-order valence-corrected chi connectivity index (χ1v) is 12.8. The maximum absolute atomic E-state index is 11.9. The molecule has 7 nitrogen and oxygen atoms in total. The van der Waals surface area contributed by atoms with Crippen LogP contribution in [0.15, 0.2) is 54.1 Å². The summed E-state index contributed by atoms with van der Waals surface area (Å²) in [6.45, 7) is 4.64. The lowest BCUT2D eigenvalue weighted by molar-refractivity contribution is -0.140. The number of fused-ring (bicyclic) bond motifs is 1. The van der Waals surface area contributed by atoms with Gasteiger partial charge in [-0.15, -0.1) is 0 Å². The highest BCUT2D eigenvalue weighted by atomic mass is 16.5. The van der Waals surface area contributed by atoms with Gasteiger partial charge in [-0.05, 0) is 99.6 Å². The molecule has 2 heterocycles. The normalized spacial score (nSPS) is 29.7. The highest BCUT2D eigenvalue weighted by molar-refractivity contribution is 5.95. The second kappa shape index (κ2) is 8.14. The van der Waals surface area contributed by atoms with Crippen LogP contribution in [-0.2, 0) is 4.74 Å². The maximum Gasteiger partial charge on any atom is 0.252 e. The number of carbonyl (C=O) groups excluding carboxylic acids is 1. The van der Waals surface area contributed by atoms with Crippen LogP contribution < -0.4 is 10.5 Å². The molecule has 7 heteroatoms. The molecule has 0 bridgehead atoms. The predicted molar refractivity (Wildman–Crippen MR) is 132 cm³/mol. The van der Waals surface area contributed by atoms with E-state index in [-0.39, 0.29) is 12.7 Å². The Kier molecular flexibility index (Phi) is 5.27. The number of primary amides is 1. The number of rotatable bonds is 8. The highest BCUT2D eigenvalue weighted by Crippen LogP contribution is 2.59. The number of benzene rings is 1. The average molecular weight is 478 g/mol. The van der Waals surface area contributed by atoms with Crippen molar-refractivity contribution in [2.24, 2.45) is 11.1 Å².